The van der Waals surface area contributed by atoms with Gasteiger partial charge in [-0.05, 0) is 12.5 Å². The van der Waals surface area contributed by atoms with Gasteiger partial charge in [-0.3, -0.25) is 0 Å². The number of benzene rings is 1. The normalized spacial score (nSPS) is 12.1. The second-order valence-electron chi connectivity index (χ2n) is 3.16. The molecule has 14 heavy (non-hydrogen) atoms. The van der Waals surface area contributed by atoms with Gasteiger partial charge in [0.05, 0.1) is 6.61 Å². The van der Waals surface area contributed by atoms with E-state index in [0.717, 1.165) is 11.1 Å². The zero-order chi connectivity index (χ0) is 10.6. The zero-order valence-electron chi connectivity index (χ0n) is 8.14. The molecule has 0 aliphatic rings. The monoisotopic (exact) mass is 193 g/mol. The number of hydrogen-bond donors (Lipinski definition) is 3. The van der Waals surface area contributed by atoms with Gasteiger partial charge in [-0.15, -0.1) is 0 Å². The number of guanidine groups is 1. The molecule has 1 rings (SSSR count). The summed E-state index contributed by atoms with van der Waals surface area (Å²) < 4.78 is 0. The zero-order valence-corrected chi connectivity index (χ0v) is 8.14. The van der Waals surface area contributed by atoms with Gasteiger partial charge in [0.2, 0.25) is 0 Å². The third-order valence-corrected chi connectivity index (χ3v) is 1.94. The number of aliphatic imine (C=N–C) groups is 1. The molecule has 0 saturated heterocycles. The average Bonchev–Trinajstić information content (AvgIpc) is 2.15. The molecular weight excluding hydrogens is 178 g/mol. The Morgan fingerprint density at radius 1 is 1.36 bits per heavy atom. The lowest BCUT2D eigenvalue weighted by Crippen LogP contribution is -2.24. The first-order valence-corrected chi connectivity index (χ1v) is 4.39. The number of rotatable bonds is 3. The third-order valence-electron chi connectivity index (χ3n) is 1.94. The van der Waals surface area contributed by atoms with Gasteiger partial charge in [-0.1, -0.05) is 29.8 Å². The van der Waals surface area contributed by atoms with E-state index < -0.39 is 0 Å². The highest BCUT2D eigenvalue weighted by molar-refractivity contribution is 5.76. The first-order chi connectivity index (χ1) is 6.63. The van der Waals surface area contributed by atoms with Crippen LogP contribution in [0.2, 0.25) is 0 Å². The van der Waals surface area contributed by atoms with Crippen LogP contribution >= 0.6 is 0 Å². The molecule has 0 bridgehead atoms. The quantitative estimate of drug-likeness (QED) is 0.477. The van der Waals surface area contributed by atoms with Crippen LogP contribution in [0, 0.1) is 6.92 Å². The summed E-state index contributed by atoms with van der Waals surface area (Å²) in [4.78, 5) is 3.92. The summed E-state index contributed by atoms with van der Waals surface area (Å²) in [5.41, 5.74) is 12.6. The van der Waals surface area contributed by atoms with Crippen LogP contribution in [-0.2, 0) is 0 Å². The number of hydrogen-bond acceptors (Lipinski definition) is 2. The summed E-state index contributed by atoms with van der Waals surface area (Å²) in [6.07, 6.45) is 0. The highest BCUT2D eigenvalue weighted by atomic mass is 16.3. The Labute approximate surface area is 83.3 Å². The number of aryl methyl sites for hydroxylation is 1. The van der Waals surface area contributed by atoms with Crippen molar-refractivity contribution in [1.29, 1.82) is 0 Å². The van der Waals surface area contributed by atoms with Crippen molar-refractivity contribution in [2.75, 3.05) is 6.61 Å². The van der Waals surface area contributed by atoms with Gasteiger partial charge in [0.1, 0.15) is 6.04 Å². The highest BCUT2D eigenvalue weighted by Gasteiger charge is 2.07. The Hall–Kier alpha value is -1.55. The van der Waals surface area contributed by atoms with Crippen molar-refractivity contribution in [3.63, 3.8) is 0 Å². The lowest BCUT2D eigenvalue weighted by atomic mass is 10.1. The van der Waals surface area contributed by atoms with Crippen molar-refractivity contribution < 1.29 is 5.11 Å². The number of nitrogens with zero attached hydrogens (tertiary/aromatic N) is 1. The van der Waals surface area contributed by atoms with Crippen molar-refractivity contribution in [1.82, 2.24) is 0 Å². The van der Waals surface area contributed by atoms with Crippen molar-refractivity contribution in [3.8, 4) is 0 Å². The molecule has 0 amide bonds. The fourth-order valence-electron chi connectivity index (χ4n) is 1.19. The van der Waals surface area contributed by atoms with Gasteiger partial charge in [0.15, 0.2) is 5.96 Å². The molecule has 0 radical (unpaired) electrons. The molecule has 4 nitrogen and oxygen atoms in total. The van der Waals surface area contributed by atoms with E-state index in [1.807, 2.05) is 31.2 Å². The maximum absolute atomic E-state index is 9.08. The summed E-state index contributed by atoms with van der Waals surface area (Å²) >= 11 is 0. The number of aliphatic hydroxyl groups excluding tert-OH is 1. The molecule has 0 aromatic heterocycles. The van der Waals surface area contributed by atoms with Crippen molar-refractivity contribution in [2.24, 2.45) is 16.5 Å². The van der Waals surface area contributed by atoms with Gasteiger partial charge in [0, 0.05) is 0 Å². The maximum Gasteiger partial charge on any atom is 0.186 e. The van der Waals surface area contributed by atoms with Gasteiger partial charge < -0.3 is 16.6 Å². The van der Waals surface area contributed by atoms with Crippen molar-refractivity contribution >= 4 is 5.96 Å². The molecule has 1 atom stereocenters. The Bertz CT molecular complexity index is 315. The van der Waals surface area contributed by atoms with Crippen LogP contribution in [0.5, 0.6) is 0 Å². The molecule has 5 N–H and O–H groups in total. The lowest BCUT2D eigenvalue weighted by molar-refractivity contribution is 0.269. The summed E-state index contributed by atoms with van der Waals surface area (Å²) in [6.45, 7) is 1.90. The molecule has 0 fully saturated rings. The molecule has 1 aromatic rings. The van der Waals surface area contributed by atoms with E-state index in [1.165, 1.54) is 0 Å². The van der Waals surface area contributed by atoms with Crippen LogP contribution in [0.15, 0.2) is 29.3 Å². The van der Waals surface area contributed by atoms with Crippen LogP contribution in [0.3, 0.4) is 0 Å². The molecule has 4 heteroatoms. The van der Waals surface area contributed by atoms with E-state index in [4.69, 9.17) is 16.6 Å². The Balaban J connectivity index is 2.90. The summed E-state index contributed by atoms with van der Waals surface area (Å²) in [5.74, 6) is -0.00961. The smallest absolute Gasteiger partial charge is 0.186 e. The molecule has 0 saturated carbocycles. The molecule has 0 aliphatic carbocycles. The van der Waals surface area contributed by atoms with Crippen LogP contribution < -0.4 is 11.5 Å². The molecule has 0 spiro atoms. The first-order valence-electron chi connectivity index (χ1n) is 4.39. The van der Waals surface area contributed by atoms with E-state index in [9.17, 15) is 0 Å². The summed E-state index contributed by atoms with van der Waals surface area (Å²) in [5, 5.41) is 9.08. The second kappa shape index (κ2) is 4.62. The van der Waals surface area contributed by atoms with Crippen LogP contribution in [0.1, 0.15) is 17.2 Å². The number of aliphatic hydroxyl groups is 1. The maximum atomic E-state index is 9.08. The fourth-order valence-corrected chi connectivity index (χ4v) is 1.19. The Morgan fingerprint density at radius 2 is 1.93 bits per heavy atom. The molecule has 0 aliphatic heterocycles. The minimum Gasteiger partial charge on any atom is -0.394 e. The standard InChI is InChI=1S/C10H15N3O/c1-7-2-4-8(5-3-7)9(6-14)13-10(11)12/h2-5,9,14H,6H2,1H3,(H4,11,12,13)/t9-/m1/s1. The molecule has 0 unspecified atom stereocenters. The summed E-state index contributed by atoms with van der Waals surface area (Å²) in [6, 6.07) is 7.37. The van der Waals surface area contributed by atoms with E-state index >= 15 is 0 Å². The van der Waals surface area contributed by atoms with Crippen LogP contribution in [0.4, 0.5) is 0 Å². The van der Waals surface area contributed by atoms with Gasteiger partial charge in [-0.2, -0.15) is 0 Å². The molecular formula is C10H15N3O. The minimum absolute atomic E-state index is 0.00961. The van der Waals surface area contributed by atoms with Crippen LogP contribution in [0.25, 0.3) is 0 Å². The molecule has 1 aromatic carbocycles. The minimum atomic E-state index is -0.361. The Kier molecular flexibility index (Phi) is 3.48. The largest absolute Gasteiger partial charge is 0.394 e. The highest BCUT2D eigenvalue weighted by Crippen LogP contribution is 2.16. The van der Waals surface area contributed by atoms with E-state index in [-0.39, 0.29) is 18.6 Å². The van der Waals surface area contributed by atoms with Gasteiger partial charge in [-0.25, -0.2) is 4.99 Å². The summed E-state index contributed by atoms with van der Waals surface area (Å²) in [7, 11) is 0. The van der Waals surface area contributed by atoms with Gasteiger partial charge in [0.25, 0.3) is 0 Å². The van der Waals surface area contributed by atoms with E-state index in [0.29, 0.717) is 0 Å². The van der Waals surface area contributed by atoms with E-state index in [2.05, 4.69) is 4.99 Å². The molecule has 0 heterocycles. The Morgan fingerprint density at radius 3 is 2.36 bits per heavy atom. The van der Waals surface area contributed by atoms with E-state index in [1.54, 1.807) is 0 Å². The number of nitrogens with two attached hydrogens (primary N) is 2. The van der Waals surface area contributed by atoms with Gasteiger partial charge >= 0.3 is 0 Å². The second-order valence-corrected chi connectivity index (χ2v) is 3.16. The SMILES string of the molecule is Cc1ccc([C@@H](CO)N=C(N)N)cc1. The predicted octanol–water partition coefficient (Wildman–Crippen LogP) is 0.302. The molecule has 76 valence electrons. The van der Waals surface area contributed by atoms with Crippen LogP contribution in [-0.4, -0.2) is 17.7 Å². The lowest BCUT2D eigenvalue weighted by Gasteiger charge is -2.09. The predicted molar refractivity (Wildman–Crippen MR) is 56.8 cm³/mol. The van der Waals surface area contributed by atoms with Crippen molar-refractivity contribution in [3.05, 3.63) is 35.4 Å². The first kappa shape index (κ1) is 10.5. The average molecular weight is 193 g/mol. The third kappa shape index (κ3) is 2.74. The topological polar surface area (TPSA) is 84.6 Å². The fraction of sp³-hybridized carbons (Fsp3) is 0.300. The van der Waals surface area contributed by atoms with Crippen molar-refractivity contribution in [2.45, 2.75) is 13.0 Å².